The van der Waals surface area contributed by atoms with Crippen LogP contribution in [0.3, 0.4) is 0 Å². The summed E-state index contributed by atoms with van der Waals surface area (Å²) in [6.07, 6.45) is 2.71. The van der Waals surface area contributed by atoms with Gasteiger partial charge in [0.2, 0.25) is 5.43 Å². The number of carbonyl (C=O) groups is 1. The van der Waals surface area contributed by atoms with Crippen molar-refractivity contribution in [1.82, 2.24) is 9.97 Å². The van der Waals surface area contributed by atoms with E-state index in [0.29, 0.717) is 16.4 Å². The third kappa shape index (κ3) is 2.30. The number of H-pyrrole nitrogens is 1. The lowest BCUT2D eigenvalue weighted by Gasteiger charge is -2.06. The Hall–Kier alpha value is -3.29. The number of hydrogen-bond donors (Lipinski definition) is 1. The van der Waals surface area contributed by atoms with Crippen LogP contribution in [0.25, 0.3) is 21.8 Å². The highest BCUT2D eigenvalue weighted by Gasteiger charge is 2.21. The Kier molecular flexibility index (Phi) is 3.49. The predicted octanol–water partition coefficient (Wildman–Crippen LogP) is 2.16. The molecule has 0 saturated heterocycles. The summed E-state index contributed by atoms with van der Waals surface area (Å²) in [4.78, 5) is 41.9. The van der Waals surface area contributed by atoms with Gasteiger partial charge in [0.25, 0.3) is 5.69 Å². The molecule has 23 heavy (non-hydrogen) atoms. The first-order valence-corrected chi connectivity index (χ1v) is 6.79. The Balaban J connectivity index is 2.42. The largest absolute Gasteiger partial charge is 0.462 e. The molecule has 0 atom stereocenters. The molecule has 0 aliphatic carbocycles. The molecule has 0 spiro atoms. The zero-order valence-electron chi connectivity index (χ0n) is 12.0. The molecule has 3 aromatic rings. The second-order valence-electron chi connectivity index (χ2n) is 4.73. The second-order valence-corrected chi connectivity index (χ2v) is 4.73. The first-order chi connectivity index (χ1) is 11.0. The molecule has 0 fully saturated rings. The maximum absolute atomic E-state index is 12.5. The number of nitrogens with one attached hydrogen (secondary N) is 1. The van der Waals surface area contributed by atoms with Crippen molar-refractivity contribution < 1.29 is 14.5 Å². The number of non-ortho nitro benzene ring substituents is 1. The normalized spacial score (nSPS) is 10.8. The van der Waals surface area contributed by atoms with Gasteiger partial charge in [0.15, 0.2) is 0 Å². The van der Waals surface area contributed by atoms with Crippen molar-refractivity contribution in [3.05, 3.63) is 56.5 Å². The van der Waals surface area contributed by atoms with Crippen molar-refractivity contribution in [1.29, 1.82) is 0 Å². The Morgan fingerprint density at radius 2 is 2.22 bits per heavy atom. The number of carbonyl (C=O) groups excluding carboxylic acids is 1. The van der Waals surface area contributed by atoms with Gasteiger partial charge in [-0.1, -0.05) is 0 Å². The number of ether oxygens (including phenoxy) is 1. The van der Waals surface area contributed by atoms with Gasteiger partial charge in [-0.25, -0.2) is 4.79 Å². The van der Waals surface area contributed by atoms with Crippen molar-refractivity contribution in [2.45, 2.75) is 6.92 Å². The van der Waals surface area contributed by atoms with Crippen LogP contribution in [0.15, 0.2) is 35.4 Å². The number of nitrogens with zero attached hydrogens (tertiary/aromatic N) is 2. The van der Waals surface area contributed by atoms with Crippen molar-refractivity contribution in [2.75, 3.05) is 6.61 Å². The van der Waals surface area contributed by atoms with Crippen LogP contribution in [0.5, 0.6) is 0 Å². The van der Waals surface area contributed by atoms with Crippen LogP contribution >= 0.6 is 0 Å². The third-order valence-corrected chi connectivity index (χ3v) is 3.41. The predicted molar refractivity (Wildman–Crippen MR) is 82.5 cm³/mol. The summed E-state index contributed by atoms with van der Waals surface area (Å²) < 4.78 is 4.81. The number of hydrogen-bond acceptors (Lipinski definition) is 6. The molecule has 8 heteroatoms. The molecule has 116 valence electrons. The molecule has 0 aliphatic heterocycles. The summed E-state index contributed by atoms with van der Waals surface area (Å²) in [7, 11) is 0. The Morgan fingerprint density at radius 3 is 2.91 bits per heavy atom. The Labute approximate surface area is 128 Å². The van der Waals surface area contributed by atoms with Gasteiger partial charge in [-0.3, -0.25) is 19.9 Å². The lowest BCUT2D eigenvalue weighted by Crippen LogP contribution is -2.18. The fraction of sp³-hybridized carbons (Fsp3) is 0.133. The van der Waals surface area contributed by atoms with E-state index >= 15 is 0 Å². The zero-order chi connectivity index (χ0) is 16.6. The van der Waals surface area contributed by atoms with E-state index in [4.69, 9.17) is 4.74 Å². The fourth-order valence-electron chi connectivity index (χ4n) is 2.42. The average Bonchev–Trinajstić information content (AvgIpc) is 2.54. The van der Waals surface area contributed by atoms with Crippen molar-refractivity contribution in [3.8, 4) is 0 Å². The standard InChI is InChI=1S/C15H11N3O5/c1-2-23-15(20)10-7-17-13-9(14(10)19)6-11(18(21)22)8-4-3-5-16-12(8)13/h3-7H,2H2,1H3,(H,17,19). The van der Waals surface area contributed by atoms with E-state index in [0.717, 1.165) is 6.07 Å². The fourth-order valence-corrected chi connectivity index (χ4v) is 2.42. The number of aromatic amines is 1. The van der Waals surface area contributed by atoms with Gasteiger partial charge in [-0.05, 0) is 19.1 Å². The Bertz CT molecular complexity index is 1010. The molecule has 8 nitrogen and oxygen atoms in total. The maximum Gasteiger partial charge on any atom is 0.343 e. The van der Waals surface area contributed by atoms with Crippen LogP contribution in [-0.4, -0.2) is 27.5 Å². The molecule has 0 saturated carbocycles. The number of nitro benzene ring substituents is 1. The van der Waals surface area contributed by atoms with Gasteiger partial charge < -0.3 is 9.72 Å². The van der Waals surface area contributed by atoms with Gasteiger partial charge in [0.1, 0.15) is 11.1 Å². The molecular formula is C15H11N3O5. The number of aromatic nitrogens is 2. The molecule has 1 aromatic carbocycles. The minimum atomic E-state index is -0.778. The zero-order valence-corrected chi connectivity index (χ0v) is 12.0. The quantitative estimate of drug-likeness (QED) is 0.343. The number of nitro groups is 1. The van der Waals surface area contributed by atoms with E-state index in [-0.39, 0.29) is 23.2 Å². The number of pyridine rings is 2. The highest BCUT2D eigenvalue weighted by atomic mass is 16.6. The molecular weight excluding hydrogens is 302 g/mol. The topological polar surface area (TPSA) is 115 Å². The molecule has 0 amide bonds. The molecule has 2 aromatic heterocycles. The molecule has 0 bridgehead atoms. The van der Waals surface area contributed by atoms with Gasteiger partial charge in [-0.2, -0.15) is 0 Å². The summed E-state index contributed by atoms with van der Waals surface area (Å²) in [6, 6.07) is 4.28. The summed E-state index contributed by atoms with van der Waals surface area (Å²) >= 11 is 0. The monoisotopic (exact) mass is 313 g/mol. The molecule has 2 heterocycles. The summed E-state index contributed by atoms with van der Waals surface area (Å²) in [5.74, 6) is -0.778. The smallest absolute Gasteiger partial charge is 0.343 e. The minimum Gasteiger partial charge on any atom is -0.462 e. The van der Waals surface area contributed by atoms with E-state index < -0.39 is 16.3 Å². The van der Waals surface area contributed by atoms with E-state index in [2.05, 4.69) is 9.97 Å². The van der Waals surface area contributed by atoms with Crippen LogP contribution in [-0.2, 0) is 4.74 Å². The average molecular weight is 313 g/mol. The van der Waals surface area contributed by atoms with E-state index in [1.54, 1.807) is 19.1 Å². The summed E-state index contributed by atoms with van der Waals surface area (Å²) in [6.45, 7) is 1.74. The van der Waals surface area contributed by atoms with Gasteiger partial charge >= 0.3 is 5.97 Å². The van der Waals surface area contributed by atoms with Crippen LogP contribution in [0.4, 0.5) is 5.69 Å². The first kappa shape index (κ1) is 14.6. The van der Waals surface area contributed by atoms with Crippen LogP contribution < -0.4 is 5.43 Å². The lowest BCUT2D eigenvalue weighted by atomic mass is 10.1. The third-order valence-electron chi connectivity index (χ3n) is 3.41. The first-order valence-electron chi connectivity index (χ1n) is 6.79. The number of rotatable bonds is 3. The molecule has 0 radical (unpaired) electrons. The van der Waals surface area contributed by atoms with E-state index in [9.17, 15) is 19.7 Å². The van der Waals surface area contributed by atoms with E-state index in [1.807, 2.05) is 0 Å². The highest BCUT2D eigenvalue weighted by Crippen LogP contribution is 2.29. The summed E-state index contributed by atoms with van der Waals surface area (Å²) in [5.41, 5.74) is -0.447. The van der Waals surface area contributed by atoms with Crippen molar-refractivity contribution in [2.24, 2.45) is 0 Å². The SMILES string of the molecule is CCOC(=O)c1c[nH]c2c(cc([N+](=O)[O-])c3cccnc32)c1=O. The lowest BCUT2D eigenvalue weighted by molar-refractivity contribution is -0.382. The van der Waals surface area contributed by atoms with E-state index in [1.165, 1.54) is 12.4 Å². The van der Waals surface area contributed by atoms with Gasteiger partial charge in [-0.15, -0.1) is 0 Å². The van der Waals surface area contributed by atoms with Crippen LogP contribution in [0, 0.1) is 10.1 Å². The minimum absolute atomic E-state index is 0.0217. The molecule has 3 rings (SSSR count). The highest BCUT2D eigenvalue weighted by molar-refractivity contribution is 6.08. The number of benzene rings is 1. The molecule has 0 unspecified atom stereocenters. The number of fused-ring (bicyclic) bond motifs is 3. The van der Waals surface area contributed by atoms with Gasteiger partial charge in [0.05, 0.1) is 27.8 Å². The molecule has 1 N–H and O–H groups in total. The maximum atomic E-state index is 12.5. The molecule has 0 aliphatic rings. The summed E-state index contributed by atoms with van der Waals surface area (Å²) in [5, 5.41) is 11.6. The van der Waals surface area contributed by atoms with Crippen molar-refractivity contribution in [3.63, 3.8) is 0 Å². The van der Waals surface area contributed by atoms with Gasteiger partial charge in [0, 0.05) is 18.5 Å². The Morgan fingerprint density at radius 1 is 1.43 bits per heavy atom. The second kappa shape index (κ2) is 5.48. The number of esters is 1. The van der Waals surface area contributed by atoms with Crippen LogP contribution in [0.2, 0.25) is 0 Å². The van der Waals surface area contributed by atoms with Crippen LogP contribution in [0.1, 0.15) is 17.3 Å². The van der Waals surface area contributed by atoms with Crippen molar-refractivity contribution >= 4 is 33.5 Å².